The van der Waals surface area contributed by atoms with E-state index in [-0.39, 0.29) is 11.9 Å². The fourth-order valence-electron chi connectivity index (χ4n) is 3.18. The van der Waals surface area contributed by atoms with Gasteiger partial charge in [0, 0.05) is 44.4 Å². The van der Waals surface area contributed by atoms with E-state index in [1.54, 1.807) is 0 Å². The number of nitrogens with zero attached hydrogens (tertiary/aromatic N) is 3. The van der Waals surface area contributed by atoms with Crippen LogP contribution in [-0.4, -0.2) is 34.3 Å². The Kier molecular flexibility index (Phi) is 5.05. The van der Waals surface area contributed by atoms with Crippen molar-refractivity contribution in [1.82, 2.24) is 25.5 Å². The van der Waals surface area contributed by atoms with E-state index in [4.69, 9.17) is 0 Å². The van der Waals surface area contributed by atoms with Crippen molar-refractivity contribution in [3.63, 3.8) is 0 Å². The van der Waals surface area contributed by atoms with Crippen molar-refractivity contribution < 1.29 is 4.39 Å². The molecule has 1 aliphatic heterocycles. The minimum atomic E-state index is -0.192. The molecule has 2 N–H and O–H groups in total. The number of benzene rings is 1. The van der Waals surface area contributed by atoms with Gasteiger partial charge < -0.3 is 0 Å². The second-order valence-corrected chi connectivity index (χ2v) is 6.16. The average molecular weight is 317 g/mol. The van der Waals surface area contributed by atoms with Crippen LogP contribution in [0.2, 0.25) is 0 Å². The van der Waals surface area contributed by atoms with Crippen molar-refractivity contribution in [2.75, 3.05) is 19.6 Å². The van der Waals surface area contributed by atoms with E-state index in [0.717, 1.165) is 31.7 Å². The quantitative estimate of drug-likeness (QED) is 0.853. The van der Waals surface area contributed by atoms with Gasteiger partial charge in [-0.2, -0.15) is 5.10 Å². The van der Waals surface area contributed by atoms with Gasteiger partial charge in [-0.05, 0) is 24.2 Å². The summed E-state index contributed by atoms with van der Waals surface area (Å²) in [6.45, 7) is 5.95. The van der Waals surface area contributed by atoms with Crippen LogP contribution < -0.4 is 10.9 Å². The van der Waals surface area contributed by atoms with E-state index < -0.39 is 0 Å². The molecule has 3 rings (SSSR count). The van der Waals surface area contributed by atoms with Gasteiger partial charge >= 0.3 is 0 Å². The molecule has 0 bridgehead atoms. The van der Waals surface area contributed by atoms with Crippen LogP contribution in [0.25, 0.3) is 0 Å². The number of rotatable bonds is 6. The van der Waals surface area contributed by atoms with Crippen molar-refractivity contribution in [3.8, 4) is 0 Å². The van der Waals surface area contributed by atoms with Crippen LogP contribution in [0.1, 0.15) is 24.1 Å². The lowest BCUT2D eigenvalue weighted by molar-refractivity contribution is 0.228. The van der Waals surface area contributed by atoms with Crippen LogP contribution >= 0.6 is 0 Å². The summed E-state index contributed by atoms with van der Waals surface area (Å²) in [6.07, 6.45) is 3.98. The molecule has 2 atom stereocenters. The molecule has 2 aromatic rings. The van der Waals surface area contributed by atoms with Gasteiger partial charge in [-0.15, -0.1) is 0 Å². The summed E-state index contributed by atoms with van der Waals surface area (Å²) in [5.74, 6) is 0.250. The molecule has 6 heteroatoms. The Morgan fingerprint density at radius 1 is 1.35 bits per heavy atom. The third-order valence-electron chi connectivity index (χ3n) is 4.43. The number of halogens is 1. The highest BCUT2D eigenvalue weighted by Crippen LogP contribution is 2.26. The smallest absolute Gasteiger partial charge is 0.123 e. The molecule has 2 heterocycles. The first-order valence-electron chi connectivity index (χ1n) is 8.09. The fraction of sp³-hybridized carbons (Fsp3) is 0.471. The summed E-state index contributed by atoms with van der Waals surface area (Å²) in [4.78, 5) is 2.42. The van der Waals surface area contributed by atoms with E-state index in [0.29, 0.717) is 5.92 Å². The van der Waals surface area contributed by atoms with Crippen molar-refractivity contribution in [2.24, 2.45) is 13.0 Å². The molecule has 1 aromatic carbocycles. The van der Waals surface area contributed by atoms with Gasteiger partial charge in [0.25, 0.3) is 0 Å². The highest BCUT2D eigenvalue weighted by atomic mass is 19.1. The zero-order chi connectivity index (χ0) is 16.2. The molecule has 0 saturated carbocycles. The molecule has 1 saturated heterocycles. The van der Waals surface area contributed by atoms with Crippen LogP contribution in [-0.2, 0) is 13.6 Å². The summed E-state index contributed by atoms with van der Waals surface area (Å²) >= 11 is 0. The second kappa shape index (κ2) is 7.21. The van der Waals surface area contributed by atoms with E-state index in [9.17, 15) is 4.39 Å². The fourth-order valence-corrected chi connectivity index (χ4v) is 3.18. The SMILES string of the molecule is CCN(Cc1cnn(C)c1)CC1CNNC1c1ccc(F)cc1. The van der Waals surface area contributed by atoms with Crippen molar-refractivity contribution >= 4 is 0 Å². The molecule has 0 aliphatic carbocycles. The molecule has 0 amide bonds. The van der Waals surface area contributed by atoms with Gasteiger partial charge in [-0.3, -0.25) is 15.0 Å². The molecule has 0 spiro atoms. The van der Waals surface area contributed by atoms with E-state index in [1.807, 2.05) is 30.1 Å². The summed E-state index contributed by atoms with van der Waals surface area (Å²) in [5.41, 5.74) is 8.92. The zero-order valence-electron chi connectivity index (χ0n) is 13.7. The molecule has 2 unspecified atom stereocenters. The lowest BCUT2D eigenvalue weighted by atomic mass is 9.94. The zero-order valence-corrected chi connectivity index (χ0v) is 13.7. The molecule has 0 radical (unpaired) electrons. The van der Waals surface area contributed by atoms with Crippen LogP contribution in [0.4, 0.5) is 4.39 Å². The first-order chi connectivity index (χ1) is 11.2. The first kappa shape index (κ1) is 16.1. The lowest BCUT2D eigenvalue weighted by Crippen LogP contribution is -2.32. The number of aryl methyl sites for hydroxylation is 1. The number of hydrazine groups is 1. The van der Waals surface area contributed by atoms with Crippen LogP contribution in [0.3, 0.4) is 0 Å². The van der Waals surface area contributed by atoms with E-state index >= 15 is 0 Å². The largest absolute Gasteiger partial charge is 0.299 e. The van der Waals surface area contributed by atoms with Gasteiger partial charge in [-0.1, -0.05) is 19.1 Å². The Labute approximate surface area is 136 Å². The highest BCUT2D eigenvalue weighted by molar-refractivity contribution is 5.21. The molecular formula is C17H24FN5. The molecule has 1 fully saturated rings. The summed E-state index contributed by atoms with van der Waals surface area (Å²) < 4.78 is 15.0. The van der Waals surface area contributed by atoms with Crippen LogP contribution in [0.15, 0.2) is 36.7 Å². The maximum absolute atomic E-state index is 13.1. The van der Waals surface area contributed by atoms with E-state index in [1.165, 1.54) is 17.7 Å². The van der Waals surface area contributed by atoms with Crippen LogP contribution in [0.5, 0.6) is 0 Å². The topological polar surface area (TPSA) is 45.1 Å². The Balaban J connectivity index is 1.65. The summed E-state index contributed by atoms with van der Waals surface area (Å²) in [7, 11) is 1.94. The van der Waals surface area contributed by atoms with Gasteiger partial charge in [0.05, 0.1) is 12.2 Å². The predicted molar refractivity (Wildman–Crippen MR) is 87.9 cm³/mol. The summed E-state index contributed by atoms with van der Waals surface area (Å²) in [5, 5.41) is 4.24. The third-order valence-corrected chi connectivity index (χ3v) is 4.43. The van der Waals surface area contributed by atoms with Crippen LogP contribution in [0, 0.1) is 11.7 Å². The number of hydrogen-bond acceptors (Lipinski definition) is 4. The minimum Gasteiger partial charge on any atom is -0.299 e. The normalized spacial score (nSPS) is 21.2. The molecule has 1 aliphatic rings. The third kappa shape index (κ3) is 3.96. The predicted octanol–water partition coefficient (Wildman–Crippen LogP) is 1.85. The molecule has 124 valence electrons. The highest BCUT2D eigenvalue weighted by Gasteiger charge is 2.29. The number of aromatic nitrogens is 2. The lowest BCUT2D eigenvalue weighted by Gasteiger charge is -2.26. The van der Waals surface area contributed by atoms with Crippen molar-refractivity contribution in [2.45, 2.75) is 19.5 Å². The number of nitrogens with one attached hydrogen (secondary N) is 2. The minimum absolute atomic E-state index is 0.192. The monoisotopic (exact) mass is 317 g/mol. The first-order valence-corrected chi connectivity index (χ1v) is 8.09. The van der Waals surface area contributed by atoms with Gasteiger partial charge in [0.15, 0.2) is 0 Å². The Morgan fingerprint density at radius 2 is 2.13 bits per heavy atom. The Morgan fingerprint density at radius 3 is 2.78 bits per heavy atom. The van der Waals surface area contributed by atoms with Gasteiger partial charge in [-0.25, -0.2) is 9.82 Å². The second-order valence-electron chi connectivity index (χ2n) is 6.16. The number of hydrogen-bond donors (Lipinski definition) is 2. The molecular weight excluding hydrogens is 293 g/mol. The van der Waals surface area contributed by atoms with Crippen molar-refractivity contribution in [3.05, 3.63) is 53.6 Å². The standard InChI is InChI=1S/C17H24FN5/c1-3-23(11-13-8-20-22(2)10-13)12-15-9-19-21-17(15)14-4-6-16(18)7-5-14/h4-8,10,15,17,19,21H,3,9,11-12H2,1-2H3. The molecule has 23 heavy (non-hydrogen) atoms. The van der Waals surface area contributed by atoms with E-state index in [2.05, 4.69) is 34.0 Å². The maximum atomic E-state index is 13.1. The van der Waals surface area contributed by atoms with Gasteiger partial charge in [0.2, 0.25) is 0 Å². The summed E-state index contributed by atoms with van der Waals surface area (Å²) in [6, 6.07) is 6.99. The maximum Gasteiger partial charge on any atom is 0.123 e. The molecule has 5 nitrogen and oxygen atoms in total. The average Bonchev–Trinajstić information content (AvgIpc) is 3.16. The Hall–Kier alpha value is -1.76. The molecule has 1 aromatic heterocycles. The van der Waals surface area contributed by atoms with Crippen molar-refractivity contribution in [1.29, 1.82) is 0 Å². The van der Waals surface area contributed by atoms with Gasteiger partial charge in [0.1, 0.15) is 5.82 Å². The Bertz CT molecular complexity index is 624.